The number of carbonyl (C=O) groups is 3. The van der Waals surface area contributed by atoms with Crippen LogP contribution in [0.1, 0.15) is 0 Å². The number of thioether (sulfide) groups is 2. The van der Waals surface area contributed by atoms with Crippen molar-refractivity contribution in [1.29, 1.82) is 0 Å². The lowest BCUT2D eigenvalue weighted by Gasteiger charge is -2.12. The van der Waals surface area contributed by atoms with Gasteiger partial charge in [0.15, 0.2) is 4.91 Å². The summed E-state index contributed by atoms with van der Waals surface area (Å²) in [5.41, 5.74) is 0. The van der Waals surface area contributed by atoms with Crippen LogP contribution in [0.15, 0.2) is 20.7 Å². The van der Waals surface area contributed by atoms with Crippen LogP contribution >= 0.6 is 23.5 Å². The highest BCUT2D eigenvalue weighted by Crippen LogP contribution is 2.35. The molecular formula is C12H16O8S2. The molecule has 0 radical (unpaired) electrons. The molecule has 8 nitrogen and oxygen atoms in total. The molecule has 0 fully saturated rings. The number of esters is 3. The molecule has 10 heteroatoms. The molecule has 0 saturated carbocycles. The van der Waals surface area contributed by atoms with Crippen molar-refractivity contribution in [2.45, 2.75) is 0 Å². The van der Waals surface area contributed by atoms with Crippen molar-refractivity contribution >= 4 is 41.4 Å². The number of methoxy groups -OCH3 is 4. The zero-order valence-electron chi connectivity index (χ0n) is 12.6. The molecule has 0 spiro atoms. The number of carbonyl (C=O) groups excluding carboxylic acids is 3. The summed E-state index contributed by atoms with van der Waals surface area (Å²) >= 11 is 1.40. The second kappa shape index (κ2) is 10.0. The predicted molar refractivity (Wildman–Crippen MR) is 80.8 cm³/mol. The van der Waals surface area contributed by atoms with Gasteiger partial charge in [0.2, 0.25) is 0 Å². The van der Waals surface area contributed by atoms with Crippen molar-refractivity contribution in [3.05, 3.63) is 20.7 Å². The van der Waals surface area contributed by atoms with E-state index in [0.717, 1.165) is 40.2 Å². The van der Waals surface area contributed by atoms with Crippen molar-refractivity contribution in [2.75, 3.05) is 34.7 Å². The summed E-state index contributed by atoms with van der Waals surface area (Å²) in [4.78, 5) is 34.5. The monoisotopic (exact) mass is 352 g/mol. The minimum atomic E-state index is -0.948. The molecule has 0 unspecified atom stereocenters. The van der Waals surface area contributed by atoms with Crippen LogP contribution in [0.2, 0.25) is 0 Å². The first kappa shape index (κ1) is 20.2. The van der Waals surface area contributed by atoms with E-state index in [-0.39, 0.29) is 9.81 Å². The van der Waals surface area contributed by atoms with E-state index in [1.165, 1.54) is 6.26 Å². The van der Waals surface area contributed by atoms with Gasteiger partial charge in [-0.1, -0.05) is 11.8 Å². The second-order valence-electron chi connectivity index (χ2n) is 3.28. The molecule has 0 atom stereocenters. The molecule has 0 aliphatic carbocycles. The van der Waals surface area contributed by atoms with Crippen LogP contribution in [0.4, 0.5) is 0 Å². The smallest absolute Gasteiger partial charge is 0.352 e. The zero-order valence-corrected chi connectivity index (χ0v) is 14.3. The van der Waals surface area contributed by atoms with Crippen LogP contribution in [-0.4, -0.2) is 57.7 Å². The normalized spacial score (nSPS) is 12.6. The highest BCUT2D eigenvalue weighted by atomic mass is 32.2. The highest BCUT2D eigenvalue weighted by molar-refractivity contribution is 8.10. The fraction of sp³-hybridized carbons (Fsp3) is 0.417. The molecule has 124 valence electrons. The Bertz CT molecular complexity index is 509. The van der Waals surface area contributed by atoms with E-state index >= 15 is 0 Å². The number of aliphatic hydroxyl groups is 1. The number of hydrogen-bond acceptors (Lipinski definition) is 10. The zero-order chi connectivity index (χ0) is 17.3. The van der Waals surface area contributed by atoms with Gasteiger partial charge < -0.3 is 24.1 Å². The molecule has 0 rings (SSSR count). The number of hydrogen-bond donors (Lipinski definition) is 1. The molecule has 0 heterocycles. The number of aliphatic hydroxyl groups excluding tert-OH is 1. The van der Waals surface area contributed by atoms with Crippen molar-refractivity contribution in [3.8, 4) is 0 Å². The number of rotatable bonds is 7. The minimum absolute atomic E-state index is 0.0929. The first-order valence-electron chi connectivity index (χ1n) is 5.56. The van der Waals surface area contributed by atoms with Gasteiger partial charge in [-0.3, -0.25) is 0 Å². The Balaban J connectivity index is 6.03. The van der Waals surface area contributed by atoms with Gasteiger partial charge in [-0.15, -0.1) is 11.8 Å². The van der Waals surface area contributed by atoms with Crippen LogP contribution in [0, 0.1) is 0 Å². The molecule has 0 aliphatic rings. The lowest BCUT2D eigenvalue weighted by atomic mass is 10.5. The van der Waals surface area contributed by atoms with E-state index in [1.807, 2.05) is 0 Å². The fourth-order valence-electron chi connectivity index (χ4n) is 1.09. The van der Waals surface area contributed by atoms with Crippen molar-refractivity contribution < 1.29 is 38.4 Å². The van der Waals surface area contributed by atoms with Crippen LogP contribution < -0.4 is 0 Å². The Labute approximate surface area is 135 Å². The van der Waals surface area contributed by atoms with Crippen molar-refractivity contribution in [3.63, 3.8) is 0 Å². The molecular weight excluding hydrogens is 336 g/mol. The van der Waals surface area contributed by atoms with E-state index in [0.29, 0.717) is 11.8 Å². The summed E-state index contributed by atoms with van der Waals surface area (Å²) in [6.07, 6.45) is 1.54. The van der Waals surface area contributed by atoms with E-state index in [1.54, 1.807) is 0 Å². The predicted octanol–water partition coefficient (Wildman–Crippen LogP) is 1.19. The summed E-state index contributed by atoms with van der Waals surface area (Å²) in [6.45, 7) is 0. The summed E-state index contributed by atoms with van der Waals surface area (Å²) in [5, 5.41) is 9.61. The van der Waals surface area contributed by atoms with Crippen LogP contribution in [0.5, 0.6) is 0 Å². The van der Waals surface area contributed by atoms with Gasteiger partial charge in [-0.2, -0.15) is 0 Å². The van der Waals surface area contributed by atoms with Crippen LogP contribution in [-0.2, 0) is 33.3 Å². The van der Waals surface area contributed by atoms with E-state index in [2.05, 4.69) is 18.9 Å². The topological polar surface area (TPSA) is 108 Å². The Morgan fingerprint density at radius 1 is 0.727 bits per heavy atom. The first-order chi connectivity index (χ1) is 10.4. The van der Waals surface area contributed by atoms with Gasteiger partial charge in [-0.25, -0.2) is 14.4 Å². The van der Waals surface area contributed by atoms with E-state index in [9.17, 15) is 19.5 Å². The van der Waals surface area contributed by atoms with Gasteiger partial charge in [-0.05, 0) is 6.26 Å². The maximum absolute atomic E-state index is 11.9. The quantitative estimate of drug-likeness (QED) is 0.310. The Morgan fingerprint density at radius 3 is 1.50 bits per heavy atom. The summed E-state index contributed by atoms with van der Waals surface area (Å²) < 4.78 is 18.2. The van der Waals surface area contributed by atoms with Crippen molar-refractivity contribution in [1.82, 2.24) is 0 Å². The van der Waals surface area contributed by atoms with Gasteiger partial charge in [0.1, 0.15) is 9.81 Å². The number of ether oxygens (including phenoxy) is 4. The van der Waals surface area contributed by atoms with Gasteiger partial charge in [0, 0.05) is 0 Å². The molecule has 0 amide bonds. The molecule has 0 aromatic carbocycles. The fourth-order valence-corrected chi connectivity index (χ4v) is 2.87. The van der Waals surface area contributed by atoms with Crippen molar-refractivity contribution in [2.24, 2.45) is 0 Å². The van der Waals surface area contributed by atoms with Gasteiger partial charge >= 0.3 is 17.9 Å². The molecule has 0 saturated heterocycles. The van der Waals surface area contributed by atoms with Crippen LogP contribution in [0.3, 0.4) is 0 Å². The Morgan fingerprint density at radius 2 is 1.14 bits per heavy atom. The third-order valence-electron chi connectivity index (χ3n) is 2.11. The molecule has 0 aliphatic heterocycles. The Hall–Kier alpha value is -1.81. The standard InChI is InChI=1S/C12H16O8S2/c1-17-9(13)6(21-5)7(10(14)18-2)22-8(11(15)19-3)12(16)20-4/h15H,1-5H3/b7-6-,11-8+. The molecule has 0 bridgehead atoms. The summed E-state index contributed by atoms with van der Waals surface area (Å²) in [6, 6.07) is 0. The Kier molecular flexibility index (Phi) is 9.18. The maximum Gasteiger partial charge on any atom is 0.352 e. The molecule has 0 aromatic rings. The molecule has 0 aromatic heterocycles. The summed E-state index contributed by atoms with van der Waals surface area (Å²) in [5.74, 6) is -3.38. The molecule has 22 heavy (non-hydrogen) atoms. The second-order valence-corrected chi connectivity index (χ2v) is 5.11. The summed E-state index contributed by atoms with van der Waals surface area (Å²) in [7, 11) is 4.46. The minimum Gasteiger partial charge on any atom is -0.480 e. The maximum atomic E-state index is 11.9. The lowest BCUT2D eigenvalue weighted by molar-refractivity contribution is -0.138. The van der Waals surface area contributed by atoms with Gasteiger partial charge in [0.25, 0.3) is 5.95 Å². The third kappa shape index (κ3) is 5.19. The first-order valence-corrected chi connectivity index (χ1v) is 7.60. The average Bonchev–Trinajstić information content (AvgIpc) is 2.55. The molecule has 1 N–H and O–H groups in total. The average molecular weight is 352 g/mol. The largest absolute Gasteiger partial charge is 0.480 e. The SMILES string of the molecule is COC(=O)/C(SC)=C(/S/C(C(=O)OC)=C(\O)OC)C(=O)OC. The van der Waals surface area contributed by atoms with Gasteiger partial charge in [0.05, 0.1) is 28.4 Å². The van der Waals surface area contributed by atoms with Crippen LogP contribution in [0.25, 0.3) is 0 Å². The lowest BCUT2D eigenvalue weighted by Crippen LogP contribution is -2.14. The van der Waals surface area contributed by atoms with E-state index in [4.69, 9.17) is 0 Å². The third-order valence-corrected chi connectivity index (χ3v) is 4.14. The van der Waals surface area contributed by atoms with E-state index < -0.39 is 28.8 Å². The highest BCUT2D eigenvalue weighted by Gasteiger charge is 2.29.